The summed E-state index contributed by atoms with van der Waals surface area (Å²) >= 11 is 3.27. The Labute approximate surface area is 121 Å². The molecule has 0 amide bonds. The lowest BCUT2D eigenvalue weighted by Crippen LogP contribution is -2.00. The highest BCUT2D eigenvalue weighted by Gasteiger charge is 2.18. The summed E-state index contributed by atoms with van der Waals surface area (Å²) in [5.74, 6) is 0.512. The highest BCUT2D eigenvalue weighted by atomic mass is 79.9. The average molecular weight is 322 g/mol. The van der Waals surface area contributed by atoms with Gasteiger partial charge in [0, 0.05) is 12.0 Å². The van der Waals surface area contributed by atoms with Crippen LogP contribution < -0.4 is 0 Å². The van der Waals surface area contributed by atoms with E-state index < -0.39 is 0 Å². The molecule has 0 bridgehead atoms. The lowest BCUT2D eigenvalue weighted by molar-refractivity contribution is 0.0973. The molecular formula is C15H16BrNO2. The predicted octanol–water partition coefficient (Wildman–Crippen LogP) is 4.87. The normalized spacial score (nSPS) is 10.6. The summed E-state index contributed by atoms with van der Waals surface area (Å²) in [6, 6.07) is 9.57. The quantitative estimate of drug-likeness (QED) is 0.563. The SMILES string of the molecule is CCCCCC(=O)c1nc(-c2ccccc2)oc1Br. The van der Waals surface area contributed by atoms with Gasteiger partial charge in [-0.3, -0.25) is 4.79 Å². The minimum absolute atomic E-state index is 0.0336. The molecule has 0 radical (unpaired) electrons. The Morgan fingerprint density at radius 2 is 2.00 bits per heavy atom. The molecule has 100 valence electrons. The molecule has 0 aliphatic heterocycles. The van der Waals surface area contributed by atoms with Crippen molar-refractivity contribution < 1.29 is 9.21 Å². The van der Waals surface area contributed by atoms with Crippen LogP contribution in [0.2, 0.25) is 0 Å². The zero-order valence-electron chi connectivity index (χ0n) is 10.9. The fourth-order valence-corrected chi connectivity index (χ4v) is 2.29. The number of oxazole rings is 1. The maximum absolute atomic E-state index is 12.0. The number of rotatable bonds is 6. The average Bonchev–Trinajstić information content (AvgIpc) is 2.82. The molecule has 1 heterocycles. The highest BCUT2D eigenvalue weighted by Crippen LogP contribution is 2.26. The first-order valence-electron chi connectivity index (χ1n) is 6.47. The molecule has 1 aromatic heterocycles. The first kappa shape index (κ1) is 14.0. The highest BCUT2D eigenvalue weighted by molar-refractivity contribution is 9.10. The van der Waals surface area contributed by atoms with Crippen molar-refractivity contribution in [2.75, 3.05) is 0 Å². The van der Waals surface area contributed by atoms with Crippen LogP contribution in [0.1, 0.15) is 43.1 Å². The number of Topliss-reactive ketones (excluding diaryl/α,β-unsaturated/α-hetero) is 1. The van der Waals surface area contributed by atoms with E-state index in [1.54, 1.807) is 0 Å². The molecule has 0 saturated carbocycles. The first-order chi connectivity index (χ1) is 9.22. The summed E-state index contributed by atoms with van der Waals surface area (Å²) in [5, 5.41) is 0. The molecule has 0 spiro atoms. The molecule has 3 nitrogen and oxygen atoms in total. The molecule has 1 aromatic carbocycles. The third-order valence-electron chi connectivity index (χ3n) is 2.88. The van der Waals surface area contributed by atoms with Crippen LogP contribution in [0.4, 0.5) is 0 Å². The van der Waals surface area contributed by atoms with Crippen LogP contribution in [-0.2, 0) is 0 Å². The van der Waals surface area contributed by atoms with Crippen LogP contribution in [0.5, 0.6) is 0 Å². The van der Waals surface area contributed by atoms with Crippen molar-refractivity contribution in [2.45, 2.75) is 32.6 Å². The summed E-state index contributed by atoms with van der Waals surface area (Å²) < 4.78 is 5.94. The summed E-state index contributed by atoms with van der Waals surface area (Å²) in [4.78, 5) is 16.3. The largest absolute Gasteiger partial charge is 0.429 e. The Kier molecular flexibility index (Phi) is 4.91. The van der Waals surface area contributed by atoms with Crippen LogP contribution in [0.25, 0.3) is 11.5 Å². The number of hydrogen-bond donors (Lipinski definition) is 0. The van der Waals surface area contributed by atoms with Gasteiger partial charge in [0.2, 0.25) is 10.6 Å². The molecule has 0 atom stereocenters. The fourth-order valence-electron chi connectivity index (χ4n) is 1.83. The minimum Gasteiger partial charge on any atom is -0.429 e. The number of hydrogen-bond acceptors (Lipinski definition) is 3. The first-order valence-corrected chi connectivity index (χ1v) is 7.26. The third kappa shape index (κ3) is 3.53. The van der Waals surface area contributed by atoms with Gasteiger partial charge in [0.25, 0.3) is 0 Å². The van der Waals surface area contributed by atoms with Gasteiger partial charge in [0.1, 0.15) is 0 Å². The Morgan fingerprint density at radius 3 is 2.68 bits per heavy atom. The van der Waals surface area contributed by atoms with Gasteiger partial charge in [-0.25, -0.2) is 4.98 Å². The number of halogens is 1. The van der Waals surface area contributed by atoms with E-state index in [4.69, 9.17) is 4.42 Å². The van der Waals surface area contributed by atoms with Crippen LogP contribution in [0.15, 0.2) is 39.4 Å². The van der Waals surface area contributed by atoms with Gasteiger partial charge in [-0.05, 0) is 34.5 Å². The molecule has 0 saturated heterocycles. The zero-order valence-corrected chi connectivity index (χ0v) is 12.4. The number of carbonyl (C=O) groups excluding carboxylic acids is 1. The van der Waals surface area contributed by atoms with Crippen molar-refractivity contribution in [3.05, 3.63) is 40.7 Å². The second-order valence-electron chi connectivity index (χ2n) is 4.39. The van der Waals surface area contributed by atoms with E-state index in [1.807, 2.05) is 30.3 Å². The number of unbranched alkanes of at least 4 members (excludes halogenated alkanes) is 2. The molecule has 0 aliphatic rings. The van der Waals surface area contributed by atoms with Crippen LogP contribution in [0, 0.1) is 0 Å². The van der Waals surface area contributed by atoms with Crippen LogP contribution in [-0.4, -0.2) is 10.8 Å². The Balaban J connectivity index is 2.15. The fraction of sp³-hybridized carbons (Fsp3) is 0.333. The van der Waals surface area contributed by atoms with Gasteiger partial charge in [-0.15, -0.1) is 0 Å². The summed E-state index contributed by atoms with van der Waals surface area (Å²) in [7, 11) is 0. The van der Waals surface area contributed by atoms with E-state index in [-0.39, 0.29) is 5.78 Å². The van der Waals surface area contributed by atoms with E-state index >= 15 is 0 Å². The van der Waals surface area contributed by atoms with Crippen molar-refractivity contribution >= 4 is 21.7 Å². The number of carbonyl (C=O) groups is 1. The summed E-state index contributed by atoms with van der Waals surface area (Å²) in [6.07, 6.45) is 3.58. The molecule has 0 unspecified atom stereocenters. The molecular weight excluding hydrogens is 306 g/mol. The van der Waals surface area contributed by atoms with Crippen molar-refractivity contribution in [1.82, 2.24) is 4.98 Å². The maximum Gasteiger partial charge on any atom is 0.228 e. The number of benzene rings is 1. The van der Waals surface area contributed by atoms with Crippen molar-refractivity contribution in [3.8, 4) is 11.5 Å². The number of nitrogens with zero attached hydrogens (tertiary/aromatic N) is 1. The topological polar surface area (TPSA) is 43.1 Å². The van der Waals surface area contributed by atoms with E-state index in [9.17, 15) is 4.79 Å². The molecule has 19 heavy (non-hydrogen) atoms. The van der Waals surface area contributed by atoms with E-state index in [0.717, 1.165) is 24.8 Å². The molecule has 4 heteroatoms. The minimum atomic E-state index is 0.0336. The van der Waals surface area contributed by atoms with Gasteiger partial charge < -0.3 is 4.42 Å². The number of aromatic nitrogens is 1. The molecule has 2 rings (SSSR count). The summed E-state index contributed by atoms with van der Waals surface area (Å²) in [5.41, 5.74) is 1.27. The van der Waals surface area contributed by atoms with E-state index in [2.05, 4.69) is 27.8 Å². The summed E-state index contributed by atoms with van der Waals surface area (Å²) in [6.45, 7) is 2.12. The van der Waals surface area contributed by atoms with Gasteiger partial charge in [-0.2, -0.15) is 0 Å². The van der Waals surface area contributed by atoms with Gasteiger partial charge >= 0.3 is 0 Å². The zero-order chi connectivity index (χ0) is 13.7. The second-order valence-corrected chi connectivity index (χ2v) is 5.11. The third-order valence-corrected chi connectivity index (χ3v) is 3.42. The van der Waals surface area contributed by atoms with E-state index in [1.165, 1.54) is 0 Å². The smallest absolute Gasteiger partial charge is 0.228 e. The molecule has 0 aliphatic carbocycles. The van der Waals surface area contributed by atoms with Crippen molar-refractivity contribution in [2.24, 2.45) is 0 Å². The van der Waals surface area contributed by atoms with Crippen LogP contribution >= 0.6 is 15.9 Å². The number of ketones is 1. The van der Waals surface area contributed by atoms with Gasteiger partial charge in [0.15, 0.2) is 11.5 Å². The molecule has 0 fully saturated rings. The van der Waals surface area contributed by atoms with Gasteiger partial charge in [-0.1, -0.05) is 38.0 Å². The Hall–Kier alpha value is -1.42. The lowest BCUT2D eigenvalue weighted by Gasteiger charge is -1.96. The van der Waals surface area contributed by atoms with Crippen molar-refractivity contribution in [3.63, 3.8) is 0 Å². The predicted molar refractivity (Wildman–Crippen MR) is 78.1 cm³/mol. The molecule has 0 N–H and O–H groups in total. The van der Waals surface area contributed by atoms with Gasteiger partial charge in [0.05, 0.1) is 0 Å². The Bertz CT molecular complexity index is 549. The lowest BCUT2D eigenvalue weighted by atomic mass is 10.1. The van der Waals surface area contributed by atoms with Crippen LogP contribution in [0.3, 0.4) is 0 Å². The maximum atomic E-state index is 12.0. The monoisotopic (exact) mass is 321 g/mol. The van der Waals surface area contributed by atoms with E-state index in [0.29, 0.717) is 22.7 Å². The van der Waals surface area contributed by atoms with Crippen molar-refractivity contribution in [1.29, 1.82) is 0 Å². The second kappa shape index (κ2) is 6.66. The standard InChI is InChI=1S/C15H16BrNO2/c1-2-3-5-10-12(18)13-14(16)19-15(17-13)11-8-6-4-7-9-11/h4,6-9H,2-3,5,10H2,1H3. The molecule has 2 aromatic rings. The Morgan fingerprint density at radius 1 is 1.26 bits per heavy atom.